The van der Waals surface area contributed by atoms with E-state index in [1.165, 1.54) is 4.90 Å². The van der Waals surface area contributed by atoms with Crippen molar-refractivity contribution in [1.29, 1.82) is 0 Å². The van der Waals surface area contributed by atoms with Gasteiger partial charge in [0, 0.05) is 6.04 Å². The van der Waals surface area contributed by atoms with Crippen LogP contribution in [0.25, 0.3) is 0 Å². The fraction of sp³-hybridized carbons (Fsp3) is 0.286. The summed E-state index contributed by atoms with van der Waals surface area (Å²) >= 11 is 0. The first-order chi connectivity index (χ1) is 14.1. The Bertz CT molecular complexity index is 914. The van der Waals surface area contributed by atoms with Crippen molar-refractivity contribution < 1.29 is 19.1 Å². The SMILES string of the molecule is O=C(CN1C(=O)COc2ccccc21)NN[C@H](C(=O)NC1CC1)c1ccccc1. The predicted molar refractivity (Wildman–Crippen MR) is 106 cm³/mol. The van der Waals surface area contributed by atoms with Gasteiger partial charge in [-0.25, -0.2) is 5.43 Å². The molecule has 2 aromatic rings. The molecule has 1 heterocycles. The van der Waals surface area contributed by atoms with E-state index in [2.05, 4.69) is 16.2 Å². The van der Waals surface area contributed by atoms with E-state index in [4.69, 9.17) is 4.74 Å². The molecule has 0 unspecified atom stereocenters. The van der Waals surface area contributed by atoms with E-state index in [1.807, 2.05) is 30.3 Å². The third-order valence-electron chi connectivity index (χ3n) is 4.78. The molecule has 1 fully saturated rings. The van der Waals surface area contributed by atoms with Crippen LogP contribution in [0.1, 0.15) is 24.4 Å². The van der Waals surface area contributed by atoms with E-state index in [0.717, 1.165) is 18.4 Å². The number of anilines is 1. The number of ether oxygens (including phenoxy) is 1. The van der Waals surface area contributed by atoms with Crippen LogP contribution < -0.4 is 25.8 Å². The second-order valence-electron chi connectivity index (χ2n) is 7.06. The van der Waals surface area contributed by atoms with Crippen LogP contribution in [0.15, 0.2) is 54.6 Å². The second-order valence-corrected chi connectivity index (χ2v) is 7.06. The number of para-hydroxylation sites is 2. The standard InChI is InChI=1S/C21H22N4O4/c26-18(12-25-16-8-4-5-9-17(16)29-13-19(25)27)23-24-20(14-6-2-1-3-7-14)21(28)22-15-10-11-15/h1-9,15,20,24H,10-13H2,(H,22,28)(H,23,26)/t20-/m0/s1. The van der Waals surface area contributed by atoms with Gasteiger partial charge in [0.2, 0.25) is 5.91 Å². The van der Waals surface area contributed by atoms with Gasteiger partial charge in [-0.3, -0.25) is 24.7 Å². The summed E-state index contributed by atoms with van der Waals surface area (Å²) in [4.78, 5) is 38.7. The molecule has 3 N–H and O–H groups in total. The molecule has 2 aliphatic rings. The number of fused-ring (bicyclic) bond motifs is 1. The van der Waals surface area contributed by atoms with Crippen LogP contribution in [0.3, 0.4) is 0 Å². The zero-order chi connectivity index (χ0) is 20.2. The lowest BCUT2D eigenvalue weighted by molar-refractivity contribution is -0.127. The molecule has 1 atom stereocenters. The maximum Gasteiger partial charge on any atom is 0.265 e. The number of hydrogen-bond acceptors (Lipinski definition) is 5. The molecule has 1 saturated carbocycles. The number of hydrazine groups is 1. The highest BCUT2D eigenvalue weighted by molar-refractivity contribution is 6.02. The van der Waals surface area contributed by atoms with Crippen molar-refractivity contribution in [2.45, 2.75) is 24.9 Å². The Morgan fingerprint density at radius 2 is 1.79 bits per heavy atom. The molecule has 0 spiro atoms. The van der Waals surface area contributed by atoms with Gasteiger partial charge in [0.15, 0.2) is 6.61 Å². The topological polar surface area (TPSA) is 99.8 Å². The Morgan fingerprint density at radius 3 is 2.55 bits per heavy atom. The van der Waals surface area contributed by atoms with Crippen molar-refractivity contribution in [1.82, 2.24) is 16.2 Å². The molecule has 4 rings (SSSR count). The zero-order valence-electron chi connectivity index (χ0n) is 15.8. The summed E-state index contributed by atoms with van der Waals surface area (Å²) in [6.07, 6.45) is 1.94. The highest BCUT2D eigenvalue weighted by Gasteiger charge is 2.30. The van der Waals surface area contributed by atoms with Gasteiger partial charge < -0.3 is 10.1 Å². The predicted octanol–water partition coefficient (Wildman–Crippen LogP) is 1.05. The Morgan fingerprint density at radius 1 is 1.07 bits per heavy atom. The third kappa shape index (κ3) is 4.55. The average molecular weight is 394 g/mol. The molecule has 0 saturated heterocycles. The summed E-state index contributed by atoms with van der Waals surface area (Å²) in [6.45, 7) is -0.299. The number of nitrogens with zero attached hydrogens (tertiary/aromatic N) is 1. The summed E-state index contributed by atoms with van der Waals surface area (Å²) < 4.78 is 5.39. The van der Waals surface area contributed by atoms with E-state index in [-0.39, 0.29) is 31.0 Å². The lowest BCUT2D eigenvalue weighted by atomic mass is 10.1. The first-order valence-corrected chi connectivity index (χ1v) is 9.53. The summed E-state index contributed by atoms with van der Waals surface area (Å²) in [7, 11) is 0. The number of benzene rings is 2. The molecule has 0 radical (unpaired) electrons. The highest BCUT2D eigenvalue weighted by Crippen LogP contribution is 2.31. The second kappa shape index (κ2) is 8.32. The van der Waals surface area contributed by atoms with E-state index in [9.17, 15) is 14.4 Å². The van der Waals surface area contributed by atoms with Gasteiger partial charge in [-0.2, -0.15) is 0 Å². The van der Waals surface area contributed by atoms with Crippen molar-refractivity contribution in [3.63, 3.8) is 0 Å². The summed E-state index contributed by atoms with van der Waals surface area (Å²) in [6, 6.07) is 15.7. The Labute approximate surface area is 168 Å². The smallest absolute Gasteiger partial charge is 0.265 e. The number of carbonyl (C=O) groups is 3. The van der Waals surface area contributed by atoms with Gasteiger partial charge in [-0.05, 0) is 30.5 Å². The maximum atomic E-state index is 12.6. The minimum atomic E-state index is -0.728. The molecule has 29 heavy (non-hydrogen) atoms. The van der Waals surface area contributed by atoms with Gasteiger partial charge in [0.05, 0.1) is 5.69 Å². The van der Waals surface area contributed by atoms with Gasteiger partial charge in [-0.15, -0.1) is 0 Å². The van der Waals surface area contributed by atoms with Gasteiger partial charge >= 0.3 is 0 Å². The molecule has 8 heteroatoms. The van der Waals surface area contributed by atoms with Crippen molar-refractivity contribution in [3.05, 3.63) is 60.2 Å². The molecule has 2 aromatic carbocycles. The van der Waals surface area contributed by atoms with Gasteiger partial charge in [0.1, 0.15) is 18.3 Å². The van der Waals surface area contributed by atoms with Crippen LogP contribution in [0.4, 0.5) is 5.69 Å². The van der Waals surface area contributed by atoms with E-state index in [0.29, 0.717) is 11.4 Å². The lowest BCUT2D eigenvalue weighted by Gasteiger charge is -2.29. The molecule has 3 amide bonds. The Hall–Kier alpha value is -3.39. The molecule has 150 valence electrons. The largest absolute Gasteiger partial charge is 0.482 e. The molecule has 0 aromatic heterocycles. The quantitative estimate of drug-likeness (QED) is 0.610. The summed E-state index contributed by atoms with van der Waals surface area (Å²) in [5, 5.41) is 2.94. The van der Waals surface area contributed by atoms with Crippen LogP contribution in [0.5, 0.6) is 5.75 Å². The van der Waals surface area contributed by atoms with Crippen molar-refractivity contribution in [2.75, 3.05) is 18.1 Å². The maximum absolute atomic E-state index is 12.6. The number of carbonyl (C=O) groups excluding carboxylic acids is 3. The summed E-state index contributed by atoms with van der Waals surface area (Å²) in [5.74, 6) is -0.384. The summed E-state index contributed by atoms with van der Waals surface area (Å²) in [5.41, 5.74) is 6.67. The monoisotopic (exact) mass is 394 g/mol. The first-order valence-electron chi connectivity index (χ1n) is 9.53. The zero-order valence-corrected chi connectivity index (χ0v) is 15.8. The lowest BCUT2D eigenvalue weighted by Crippen LogP contribution is -2.51. The van der Waals surface area contributed by atoms with E-state index < -0.39 is 11.9 Å². The number of hydrogen-bond donors (Lipinski definition) is 3. The first kappa shape index (κ1) is 18.9. The van der Waals surface area contributed by atoms with Crippen LogP contribution in [0, 0.1) is 0 Å². The van der Waals surface area contributed by atoms with Crippen LogP contribution in [0.2, 0.25) is 0 Å². The average Bonchev–Trinajstić information content (AvgIpc) is 3.55. The van der Waals surface area contributed by atoms with Gasteiger partial charge in [-0.1, -0.05) is 42.5 Å². The minimum Gasteiger partial charge on any atom is -0.482 e. The fourth-order valence-corrected chi connectivity index (χ4v) is 3.12. The fourth-order valence-electron chi connectivity index (χ4n) is 3.12. The van der Waals surface area contributed by atoms with Crippen molar-refractivity contribution >= 4 is 23.4 Å². The third-order valence-corrected chi connectivity index (χ3v) is 4.78. The molecule has 1 aliphatic heterocycles. The van der Waals surface area contributed by atoms with Crippen LogP contribution in [-0.4, -0.2) is 36.9 Å². The van der Waals surface area contributed by atoms with E-state index in [1.54, 1.807) is 24.3 Å². The minimum absolute atomic E-state index is 0.117. The highest BCUT2D eigenvalue weighted by atomic mass is 16.5. The van der Waals surface area contributed by atoms with Crippen molar-refractivity contribution in [2.24, 2.45) is 0 Å². The van der Waals surface area contributed by atoms with Crippen LogP contribution in [-0.2, 0) is 14.4 Å². The van der Waals surface area contributed by atoms with Crippen molar-refractivity contribution in [3.8, 4) is 5.75 Å². The Balaban J connectivity index is 1.41. The van der Waals surface area contributed by atoms with Crippen LogP contribution >= 0.6 is 0 Å². The number of rotatable bonds is 7. The van der Waals surface area contributed by atoms with E-state index >= 15 is 0 Å². The van der Waals surface area contributed by atoms with Gasteiger partial charge in [0.25, 0.3) is 11.8 Å². The molecule has 8 nitrogen and oxygen atoms in total. The molecule has 0 bridgehead atoms. The molecular formula is C21H22N4O4. The number of nitrogens with one attached hydrogen (secondary N) is 3. The molecule has 1 aliphatic carbocycles. The normalized spacial score (nSPS) is 16.4. The number of amides is 3. The molecular weight excluding hydrogens is 372 g/mol. The Kier molecular flexibility index (Phi) is 5.44.